The molecule has 28 heavy (non-hydrogen) atoms. The van der Waals surface area contributed by atoms with Crippen LogP contribution >= 0.6 is 0 Å². The molecule has 9 nitrogen and oxygen atoms in total. The Morgan fingerprint density at radius 3 is 2.64 bits per heavy atom. The summed E-state index contributed by atoms with van der Waals surface area (Å²) in [6.45, 7) is 8.71. The van der Waals surface area contributed by atoms with Crippen molar-refractivity contribution < 1.29 is 14.1 Å². The van der Waals surface area contributed by atoms with Crippen molar-refractivity contribution in [2.45, 2.75) is 39.7 Å². The van der Waals surface area contributed by atoms with Gasteiger partial charge in [-0.1, -0.05) is 12.1 Å². The lowest BCUT2D eigenvalue weighted by Gasteiger charge is -2.33. The lowest BCUT2D eigenvalue weighted by molar-refractivity contribution is 0.0636. The lowest BCUT2D eigenvalue weighted by atomic mass is 10.1. The van der Waals surface area contributed by atoms with Crippen molar-refractivity contribution in [2.24, 2.45) is 0 Å². The van der Waals surface area contributed by atoms with Crippen LogP contribution in [0.1, 0.15) is 52.3 Å². The van der Waals surface area contributed by atoms with Gasteiger partial charge in [-0.15, -0.1) is 0 Å². The summed E-state index contributed by atoms with van der Waals surface area (Å²) >= 11 is 0. The number of hydrogen-bond acceptors (Lipinski definition) is 6. The van der Waals surface area contributed by atoms with Gasteiger partial charge in [0.25, 0.3) is 11.8 Å². The van der Waals surface area contributed by atoms with E-state index in [1.165, 1.54) is 0 Å². The van der Waals surface area contributed by atoms with Crippen molar-refractivity contribution in [3.8, 4) is 0 Å². The molecule has 1 fully saturated rings. The summed E-state index contributed by atoms with van der Waals surface area (Å²) in [5.74, 6) is 0.789. The predicted octanol–water partition coefficient (Wildman–Crippen LogP) is 1.55. The molecule has 1 saturated heterocycles. The van der Waals surface area contributed by atoms with E-state index in [9.17, 15) is 9.59 Å². The number of nitrogens with zero attached hydrogens (tertiary/aromatic N) is 5. The normalized spacial score (nSPS) is 17.4. The number of piperazine rings is 1. The Balaban J connectivity index is 1.58. The van der Waals surface area contributed by atoms with Crippen LogP contribution in [0.15, 0.2) is 10.6 Å². The topological polar surface area (TPSA) is 96.5 Å². The number of aryl methyl sites for hydroxylation is 1. The number of aromatic nitrogens is 3. The lowest BCUT2D eigenvalue weighted by Crippen LogP contribution is -2.48. The van der Waals surface area contributed by atoms with Crippen LogP contribution in [0.2, 0.25) is 0 Å². The predicted molar refractivity (Wildman–Crippen MR) is 102 cm³/mol. The van der Waals surface area contributed by atoms with Gasteiger partial charge < -0.3 is 24.2 Å². The van der Waals surface area contributed by atoms with Crippen molar-refractivity contribution in [3.05, 3.63) is 29.0 Å². The van der Waals surface area contributed by atoms with Crippen LogP contribution in [0.4, 0.5) is 5.82 Å². The van der Waals surface area contributed by atoms with Gasteiger partial charge in [0.05, 0.1) is 5.69 Å². The molecule has 2 aliphatic heterocycles. The van der Waals surface area contributed by atoms with Gasteiger partial charge in [-0.3, -0.25) is 9.59 Å². The van der Waals surface area contributed by atoms with Crippen molar-refractivity contribution in [2.75, 3.05) is 38.0 Å². The zero-order chi connectivity index (χ0) is 19.7. The van der Waals surface area contributed by atoms with E-state index in [1.54, 1.807) is 13.0 Å². The van der Waals surface area contributed by atoms with Gasteiger partial charge in [0.15, 0.2) is 11.6 Å². The van der Waals surface area contributed by atoms with Crippen LogP contribution < -0.4 is 5.32 Å². The van der Waals surface area contributed by atoms with E-state index < -0.39 is 0 Å². The van der Waals surface area contributed by atoms with Crippen LogP contribution in [0.25, 0.3) is 0 Å². The summed E-state index contributed by atoms with van der Waals surface area (Å²) < 4.78 is 6.89. The molecule has 0 bridgehead atoms. The number of likely N-dealkylation sites (N-methyl/N-ethyl adjacent to an activating group) is 1. The Morgan fingerprint density at radius 2 is 1.96 bits per heavy atom. The van der Waals surface area contributed by atoms with E-state index in [2.05, 4.69) is 27.3 Å². The Kier molecular flexibility index (Phi) is 5.17. The average molecular weight is 386 g/mol. The number of imidazole rings is 1. The van der Waals surface area contributed by atoms with Crippen LogP contribution in [-0.4, -0.2) is 69.0 Å². The highest BCUT2D eigenvalue weighted by Gasteiger charge is 2.31. The number of carbonyl (C=O) groups excluding carboxylic acids is 2. The number of nitrogens with one attached hydrogen (secondary N) is 1. The van der Waals surface area contributed by atoms with E-state index in [0.717, 1.165) is 44.6 Å². The fourth-order valence-electron chi connectivity index (χ4n) is 3.90. The maximum Gasteiger partial charge on any atom is 0.292 e. The third kappa shape index (κ3) is 3.54. The first kappa shape index (κ1) is 18.7. The monoisotopic (exact) mass is 386 g/mol. The third-order valence-corrected chi connectivity index (χ3v) is 5.50. The second-order valence-electron chi connectivity index (χ2n) is 7.34. The minimum Gasteiger partial charge on any atom is -0.360 e. The summed E-state index contributed by atoms with van der Waals surface area (Å²) in [5.41, 5.74) is 1.29. The molecule has 2 aromatic rings. The number of anilines is 1. The molecule has 0 unspecified atom stereocenters. The number of fused-ring (bicyclic) bond motifs is 1. The summed E-state index contributed by atoms with van der Waals surface area (Å²) in [6, 6.07) is 1.65. The van der Waals surface area contributed by atoms with E-state index >= 15 is 0 Å². The van der Waals surface area contributed by atoms with E-state index in [1.807, 2.05) is 9.47 Å². The minimum atomic E-state index is -0.369. The van der Waals surface area contributed by atoms with Gasteiger partial charge in [0, 0.05) is 38.8 Å². The van der Waals surface area contributed by atoms with Gasteiger partial charge in [-0.05, 0) is 32.7 Å². The van der Waals surface area contributed by atoms with E-state index in [0.29, 0.717) is 36.9 Å². The van der Waals surface area contributed by atoms with E-state index in [-0.39, 0.29) is 17.6 Å². The summed E-state index contributed by atoms with van der Waals surface area (Å²) in [7, 11) is 0. The molecule has 2 aromatic heterocycles. The van der Waals surface area contributed by atoms with Crippen LogP contribution in [-0.2, 0) is 13.0 Å². The van der Waals surface area contributed by atoms with Crippen molar-refractivity contribution in [3.63, 3.8) is 0 Å². The summed E-state index contributed by atoms with van der Waals surface area (Å²) in [4.78, 5) is 34.6. The zero-order valence-electron chi connectivity index (χ0n) is 16.4. The number of amides is 2. The number of rotatable bonds is 4. The minimum absolute atomic E-state index is 0.0715. The standard InChI is InChI=1S/C19H26N6O3/c1-3-23-8-10-24(11-9-23)19(27)16-14-6-4-5-7-25(14)17(21-16)18(26)20-15-12-13(2)28-22-15/h12H,3-11H2,1-2H3,(H,20,22,26). The summed E-state index contributed by atoms with van der Waals surface area (Å²) in [5, 5.41) is 6.52. The quantitative estimate of drug-likeness (QED) is 0.856. The van der Waals surface area contributed by atoms with Gasteiger partial charge in [0.2, 0.25) is 0 Å². The molecular formula is C19H26N6O3. The first-order valence-corrected chi connectivity index (χ1v) is 9.92. The largest absolute Gasteiger partial charge is 0.360 e. The third-order valence-electron chi connectivity index (χ3n) is 5.50. The molecule has 2 aliphatic rings. The zero-order valence-corrected chi connectivity index (χ0v) is 16.4. The highest BCUT2D eigenvalue weighted by atomic mass is 16.5. The molecular weight excluding hydrogens is 360 g/mol. The molecule has 0 aromatic carbocycles. The van der Waals surface area contributed by atoms with Gasteiger partial charge in [-0.25, -0.2) is 4.98 Å². The highest BCUT2D eigenvalue weighted by Crippen LogP contribution is 2.23. The van der Waals surface area contributed by atoms with Crippen molar-refractivity contribution in [1.29, 1.82) is 0 Å². The van der Waals surface area contributed by atoms with Crippen molar-refractivity contribution in [1.82, 2.24) is 24.5 Å². The van der Waals surface area contributed by atoms with Gasteiger partial charge in [0.1, 0.15) is 11.5 Å². The van der Waals surface area contributed by atoms with Gasteiger partial charge >= 0.3 is 0 Å². The molecule has 0 spiro atoms. The SMILES string of the molecule is CCN1CCN(C(=O)c2nc(C(=O)Nc3cc(C)on3)n3c2CCCC3)CC1. The highest BCUT2D eigenvalue weighted by molar-refractivity contribution is 6.03. The molecule has 1 N–H and O–H groups in total. The Labute approximate surface area is 163 Å². The molecule has 4 rings (SSSR count). The molecule has 150 valence electrons. The first-order valence-electron chi connectivity index (χ1n) is 9.92. The Hall–Kier alpha value is -2.68. The number of hydrogen-bond donors (Lipinski definition) is 1. The second-order valence-corrected chi connectivity index (χ2v) is 7.34. The smallest absolute Gasteiger partial charge is 0.292 e. The summed E-state index contributed by atoms with van der Waals surface area (Å²) in [6.07, 6.45) is 2.73. The molecule has 0 saturated carbocycles. The fraction of sp³-hybridized carbons (Fsp3) is 0.579. The molecule has 0 aliphatic carbocycles. The van der Waals surface area contributed by atoms with Gasteiger partial charge in [-0.2, -0.15) is 0 Å². The van der Waals surface area contributed by atoms with E-state index in [4.69, 9.17) is 4.52 Å². The molecule has 4 heterocycles. The molecule has 0 radical (unpaired) electrons. The first-order chi connectivity index (χ1) is 13.6. The maximum absolute atomic E-state index is 13.1. The van der Waals surface area contributed by atoms with Crippen LogP contribution in [0.5, 0.6) is 0 Å². The number of carbonyl (C=O) groups is 2. The Morgan fingerprint density at radius 1 is 1.18 bits per heavy atom. The molecule has 2 amide bonds. The van der Waals surface area contributed by atoms with Crippen LogP contribution in [0.3, 0.4) is 0 Å². The average Bonchev–Trinajstić information content (AvgIpc) is 3.31. The van der Waals surface area contributed by atoms with Crippen molar-refractivity contribution >= 4 is 17.6 Å². The molecule has 9 heteroatoms. The molecule has 0 atom stereocenters. The Bertz CT molecular complexity index is 878. The fourth-order valence-corrected chi connectivity index (χ4v) is 3.90. The van der Waals surface area contributed by atoms with Crippen LogP contribution in [0, 0.1) is 6.92 Å². The second kappa shape index (κ2) is 7.75. The maximum atomic E-state index is 13.1.